The van der Waals surface area contributed by atoms with E-state index in [9.17, 15) is 13.2 Å². The van der Waals surface area contributed by atoms with Gasteiger partial charge in [-0.05, 0) is 111 Å². The number of anilines is 1. The molecule has 1 spiro atoms. The summed E-state index contributed by atoms with van der Waals surface area (Å²) in [5.74, 6) is 1.14. The fraction of sp³-hybridized carbons (Fsp3) is 0.594. The second-order valence-corrected chi connectivity index (χ2v) is 15.4. The molecule has 4 bridgehead atoms. The molecule has 2 saturated carbocycles. The SMILES string of the molecule is CO[C@@H]1[C@H]2CCC[C@@H](C2)S(=O)(=O)NC(=O)c2ccc3c(c2)N(C[C@@H]2CC[C@H]21)C[C@@]1(CCCc2cc(Cl)ccc21)CO3. The van der Waals surface area contributed by atoms with Crippen molar-refractivity contribution in [2.45, 2.75) is 74.6 Å². The fourth-order valence-corrected chi connectivity index (χ4v) is 10.3. The molecule has 2 aromatic carbocycles. The van der Waals surface area contributed by atoms with Gasteiger partial charge in [-0.2, -0.15) is 0 Å². The third-order valence-corrected chi connectivity index (χ3v) is 12.7. The molecule has 7 rings (SSSR count). The van der Waals surface area contributed by atoms with Gasteiger partial charge in [-0.25, -0.2) is 13.1 Å². The molecule has 6 atom stereocenters. The number of hydrogen-bond donors (Lipinski definition) is 1. The molecule has 5 aliphatic rings. The zero-order valence-electron chi connectivity index (χ0n) is 23.6. The molecule has 1 N–H and O–H groups in total. The van der Waals surface area contributed by atoms with Crippen molar-refractivity contribution < 1.29 is 22.7 Å². The van der Waals surface area contributed by atoms with Gasteiger partial charge in [0, 0.05) is 36.2 Å². The number of carbonyl (C=O) groups is 1. The number of carbonyl (C=O) groups excluding carboxylic acids is 1. The molecule has 3 aliphatic carbocycles. The number of rotatable bonds is 1. The van der Waals surface area contributed by atoms with Crippen molar-refractivity contribution in [3.63, 3.8) is 0 Å². The lowest BCUT2D eigenvalue weighted by molar-refractivity contribution is -0.0589. The topological polar surface area (TPSA) is 84.9 Å². The zero-order chi connectivity index (χ0) is 28.4. The molecule has 0 radical (unpaired) electrons. The van der Waals surface area contributed by atoms with Crippen LogP contribution in [0.25, 0.3) is 0 Å². The zero-order valence-corrected chi connectivity index (χ0v) is 25.2. The van der Waals surface area contributed by atoms with Crippen molar-refractivity contribution in [1.29, 1.82) is 0 Å². The Labute approximate surface area is 248 Å². The lowest BCUT2D eigenvalue weighted by Gasteiger charge is -2.48. The van der Waals surface area contributed by atoms with Crippen molar-refractivity contribution >= 4 is 33.2 Å². The molecule has 41 heavy (non-hydrogen) atoms. The summed E-state index contributed by atoms with van der Waals surface area (Å²) < 4.78 is 42.0. The van der Waals surface area contributed by atoms with Crippen molar-refractivity contribution in [3.8, 4) is 5.75 Å². The van der Waals surface area contributed by atoms with E-state index in [1.807, 2.05) is 18.2 Å². The first-order chi connectivity index (χ1) is 19.8. The Morgan fingerprint density at radius 2 is 1.95 bits per heavy atom. The van der Waals surface area contributed by atoms with E-state index in [0.717, 1.165) is 74.5 Å². The summed E-state index contributed by atoms with van der Waals surface area (Å²) in [5, 5.41) is 0.181. The largest absolute Gasteiger partial charge is 0.490 e. The number of sulfonamides is 1. The number of nitrogens with one attached hydrogen (secondary N) is 1. The number of nitrogens with zero attached hydrogens (tertiary/aromatic N) is 1. The van der Waals surface area contributed by atoms with Gasteiger partial charge in [-0.15, -0.1) is 0 Å². The van der Waals surface area contributed by atoms with E-state index in [4.69, 9.17) is 21.1 Å². The number of amides is 1. The first kappa shape index (κ1) is 27.5. The second kappa shape index (κ2) is 10.5. The number of benzene rings is 2. The molecule has 0 saturated heterocycles. The Hall–Kier alpha value is -2.29. The third kappa shape index (κ3) is 4.84. The maximum Gasteiger partial charge on any atom is 0.264 e. The minimum atomic E-state index is -3.82. The van der Waals surface area contributed by atoms with Crippen LogP contribution in [0.5, 0.6) is 5.75 Å². The van der Waals surface area contributed by atoms with Crippen molar-refractivity contribution in [2.75, 3.05) is 31.7 Å². The third-order valence-electron chi connectivity index (χ3n) is 10.7. The van der Waals surface area contributed by atoms with Crippen molar-refractivity contribution in [3.05, 3.63) is 58.1 Å². The van der Waals surface area contributed by atoms with Gasteiger partial charge in [0.2, 0.25) is 10.0 Å². The van der Waals surface area contributed by atoms with Crippen LogP contribution < -0.4 is 14.4 Å². The molecule has 220 valence electrons. The highest BCUT2D eigenvalue weighted by Gasteiger charge is 2.47. The highest BCUT2D eigenvalue weighted by molar-refractivity contribution is 7.90. The number of fused-ring (bicyclic) bond motifs is 6. The van der Waals surface area contributed by atoms with Crippen LogP contribution in [0.3, 0.4) is 0 Å². The monoisotopic (exact) mass is 598 g/mol. The lowest BCUT2D eigenvalue weighted by atomic mass is 9.65. The minimum Gasteiger partial charge on any atom is -0.490 e. The highest BCUT2D eigenvalue weighted by atomic mass is 35.5. The van der Waals surface area contributed by atoms with E-state index in [1.54, 1.807) is 13.2 Å². The first-order valence-corrected chi connectivity index (χ1v) is 17.1. The molecular weight excluding hydrogens is 560 g/mol. The van der Waals surface area contributed by atoms with Gasteiger partial charge >= 0.3 is 0 Å². The molecule has 9 heteroatoms. The van der Waals surface area contributed by atoms with Gasteiger partial charge in [-0.1, -0.05) is 24.1 Å². The standard InChI is InChI=1S/C32H39ClN2O5S/c1-39-30-21-4-2-6-25(15-21)41(37,38)34-31(36)22-8-12-29-28(16-22)35(17-23-7-10-26(23)30)18-32(19-40-29)13-3-5-20-14-24(33)9-11-27(20)32/h8-9,11-12,14,16,21,23,25-26,30H,2-7,10,13,15,17-19H2,1H3,(H,34,36)/t21-,23-,25-,26+,30+,32-/m0/s1. The van der Waals surface area contributed by atoms with Crippen LogP contribution in [0, 0.1) is 17.8 Å². The maximum absolute atomic E-state index is 13.4. The molecule has 7 nitrogen and oxygen atoms in total. The fourth-order valence-electron chi connectivity index (χ4n) is 8.54. The Balaban J connectivity index is 1.32. The van der Waals surface area contributed by atoms with E-state index in [2.05, 4.69) is 21.8 Å². The summed E-state index contributed by atoms with van der Waals surface area (Å²) in [5.41, 5.74) is 3.60. The van der Waals surface area contributed by atoms with Crippen molar-refractivity contribution in [2.24, 2.45) is 17.8 Å². The molecule has 1 amide bonds. The van der Waals surface area contributed by atoms with Crippen LogP contribution in [-0.4, -0.2) is 52.5 Å². The van der Waals surface area contributed by atoms with Crippen LogP contribution in [0.2, 0.25) is 5.02 Å². The Morgan fingerprint density at radius 3 is 2.76 bits per heavy atom. The Bertz CT molecular complexity index is 1460. The van der Waals surface area contributed by atoms with E-state index >= 15 is 0 Å². The van der Waals surface area contributed by atoms with Gasteiger partial charge in [0.1, 0.15) is 5.75 Å². The van der Waals surface area contributed by atoms with Crippen molar-refractivity contribution in [1.82, 2.24) is 4.72 Å². The van der Waals surface area contributed by atoms with Crippen LogP contribution in [0.15, 0.2) is 36.4 Å². The molecule has 2 aromatic rings. The Morgan fingerprint density at radius 1 is 1.07 bits per heavy atom. The van der Waals surface area contributed by atoms with Gasteiger partial charge in [0.05, 0.1) is 23.6 Å². The molecule has 2 heterocycles. The molecule has 0 aromatic heterocycles. The number of hydrogen-bond acceptors (Lipinski definition) is 6. The summed E-state index contributed by atoms with van der Waals surface area (Å²) >= 11 is 6.41. The molecule has 2 fully saturated rings. The highest BCUT2D eigenvalue weighted by Crippen LogP contribution is 2.48. The van der Waals surface area contributed by atoms with E-state index in [-0.39, 0.29) is 17.4 Å². The normalized spacial score (nSPS) is 34.1. The summed E-state index contributed by atoms with van der Waals surface area (Å²) in [6.45, 7) is 2.17. The number of halogens is 1. The number of methoxy groups -OCH3 is 1. The molecule has 0 unspecified atom stereocenters. The van der Waals surface area contributed by atoms with Crippen LogP contribution in [0.1, 0.15) is 72.9 Å². The molecular formula is C32H39ClN2O5S. The average Bonchev–Trinajstić information content (AvgIpc) is 3.10. The molecule has 2 aliphatic heterocycles. The van der Waals surface area contributed by atoms with Crippen LogP contribution in [0.4, 0.5) is 5.69 Å². The maximum atomic E-state index is 13.4. The summed E-state index contributed by atoms with van der Waals surface area (Å²) in [6, 6.07) is 11.6. The van der Waals surface area contributed by atoms with Crippen LogP contribution in [-0.2, 0) is 26.6 Å². The van der Waals surface area contributed by atoms with E-state index < -0.39 is 21.2 Å². The summed E-state index contributed by atoms with van der Waals surface area (Å²) in [4.78, 5) is 15.8. The van der Waals surface area contributed by atoms with Gasteiger partial charge in [-0.3, -0.25) is 4.79 Å². The van der Waals surface area contributed by atoms with Gasteiger partial charge < -0.3 is 14.4 Å². The predicted octanol–water partition coefficient (Wildman–Crippen LogP) is 5.49. The van der Waals surface area contributed by atoms with E-state index in [0.29, 0.717) is 36.8 Å². The minimum absolute atomic E-state index is 0.0194. The summed E-state index contributed by atoms with van der Waals surface area (Å²) in [7, 11) is -2.04. The Kier molecular flexibility index (Phi) is 7.02. The smallest absolute Gasteiger partial charge is 0.264 e. The lowest BCUT2D eigenvalue weighted by Crippen LogP contribution is -2.51. The van der Waals surface area contributed by atoms with Gasteiger partial charge in [0.15, 0.2) is 0 Å². The van der Waals surface area contributed by atoms with Crippen LogP contribution >= 0.6 is 11.6 Å². The number of ether oxygens (including phenoxy) is 2. The summed E-state index contributed by atoms with van der Waals surface area (Å²) in [6.07, 6.45) is 8.21. The number of aryl methyl sites for hydroxylation is 1. The van der Waals surface area contributed by atoms with Gasteiger partial charge in [0.25, 0.3) is 5.91 Å². The van der Waals surface area contributed by atoms with E-state index in [1.165, 1.54) is 11.1 Å². The predicted molar refractivity (Wildman–Crippen MR) is 159 cm³/mol. The first-order valence-electron chi connectivity index (χ1n) is 15.2. The average molecular weight is 599 g/mol. The second-order valence-electron chi connectivity index (χ2n) is 13.0. The quantitative estimate of drug-likeness (QED) is 0.468.